The molecule has 398 valence electrons. The molecule has 0 fully saturated rings. The number of benzene rings is 7. The van der Waals surface area contributed by atoms with Gasteiger partial charge in [-0.15, -0.1) is 0 Å². The molecule has 9 aromatic rings. The van der Waals surface area contributed by atoms with Crippen LogP contribution in [0.2, 0.25) is 0 Å². The number of ether oxygens (including phenoxy) is 1. The van der Waals surface area contributed by atoms with Crippen LogP contribution in [-0.4, -0.2) is 51.8 Å². The van der Waals surface area contributed by atoms with E-state index in [2.05, 4.69) is 30.7 Å². The number of carbonyl (C=O) groups excluding carboxylic acids is 4. The first-order valence-corrected chi connectivity index (χ1v) is 25.6. The molecule has 0 saturated heterocycles. The number of hydrogen-bond donors (Lipinski definition) is 6. The number of nitrogens with one attached hydrogen (secondary N) is 3. The average molecular weight is 1040 g/mol. The summed E-state index contributed by atoms with van der Waals surface area (Å²) in [5, 5.41) is 21.5. The smallest absolute Gasteiger partial charge is 0.305 e. The topological polar surface area (TPSA) is 229 Å². The first kappa shape index (κ1) is 57.6. The van der Waals surface area contributed by atoms with Gasteiger partial charge in [0.1, 0.15) is 0 Å². The number of aromatic nitrogens is 2. The minimum Gasteiger partial charge on any atom is -0.481 e. The zero-order valence-electron chi connectivity index (χ0n) is 43.6. The van der Waals surface area contributed by atoms with Crippen LogP contribution in [0.15, 0.2) is 207 Å². The third-order valence-electron chi connectivity index (χ3n) is 12.1. The number of anilines is 5. The molecular formula is C64H65N7O7. The summed E-state index contributed by atoms with van der Waals surface area (Å²) in [7, 11) is 1.39. The number of carbonyl (C=O) groups is 5. The Bertz CT molecular complexity index is 3320. The first-order valence-electron chi connectivity index (χ1n) is 25.6. The van der Waals surface area contributed by atoms with Crippen molar-refractivity contribution >= 4 is 79.6 Å². The monoisotopic (exact) mass is 1040 g/mol. The van der Waals surface area contributed by atoms with Crippen molar-refractivity contribution in [2.45, 2.75) is 64.2 Å². The Balaban J connectivity index is 0.000000185. The first-order chi connectivity index (χ1) is 37.9. The van der Waals surface area contributed by atoms with E-state index in [4.69, 9.17) is 16.6 Å². The maximum Gasteiger partial charge on any atom is 0.305 e. The molecule has 0 spiro atoms. The molecule has 2 aromatic heterocycles. The number of amides is 3. The van der Waals surface area contributed by atoms with Gasteiger partial charge in [-0.3, -0.25) is 33.9 Å². The number of rotatable bonds is 18. The van der Waals surface area contributed by atoms with Gasteiger partial charge in [0, 0.05) is 96.1 Å². The van der Waals surface area contributed by atoms with E-state index in [9.17, 15) is 24.0 Å². The molecule has 78 heavy (non-hydrogen) atoms. The third kappa shape index (κ3) is 21.3. The van der Waals surface area contributed by atoms with Crippen molar-refractivity contribution in [2.75, 3.05) is 34.5 Å². The second-order valence-corrected chi connectivity index (χ2v) is 18.1. The lowest BCUT2D eigenvalue weighted by Gasteiger charge is -2.08. The van der Waals surface area contributed by atoms with E-state index in [-0.39, 0.29) is 30.1 Å². The number of pyridine rings is 2. The maximum atomic E-state index is 12.3. The van der Waals surface area contributed by atoms with Crippen LogP contribution in [0, 0.1) is 0 Å². The van der Waals surface area contributed by atoms with E-state index in [1.54, 1.807) is 30.7 Å². The standard InChI is InChI=1S/C27H25N3O2.C19H21NO3.C9H8N2.C9H11NO2/c31-26(14-8-20-4-2-1-3-5-20)29-24-11-6-21(7-12-24)9-15-27(32)30-25-13-10-23-19-28-17-16-22(23)18-25;1-23-19(22)14-10-16-7-11-17(12-8-16)20-18(21)13-9-15-5-3-2-4-6-15;10-9-2-1-8-6-11-4-3-7(8)5-9;10-8-4-1-7(2-5-8)3-6-9(11)12/h1-7,10-13,16-19H,8-9,14-15H2,(H,29,31)(H,30,32);2-8,11-12H,9-10,13-14H2,1H3,(H,20,21);1-6H,10H2;1-2,4-5H,3,6,10H2,(H,11,12). The van der Waals surface area contributed by atoms with Gasteiger partial charge >= 0.3 is 11.9 Å². The number of hydrogen-bond acceptors (Lipinski definition) is 10. The molecule has 14 heteroatoms. The van der Waals surface area contributed by atoms with Gasteiger partial charge in [0.05, 0.1) is 7.11 Å². The summed E-state index contributed by atoms with van der Waals surface area (Å²) in [5.74, 6) is -1.03. The number of esters is 1. The van der Waals surface area contributed by atoms with Crippen molar-refractivity contribution < 1.29 is 33.8 Å². The van der Waals surface area contributed by atoms with E-state index in [0.717, 1.165) is 78.5 Å². The van der Waals surface area contributed by atoms with Crippen LogP contribution >= 0.6 is 0 Å². The molecular weight excluding hydrogens is 979 g/mol. The molecule has 0 radical (unpaired) electrons. The van der Waals surface area contributed by atoms with Crippen LogP contribution < -0.4 is 27.4 Å². The fraction of sp³-hybridized carbons (Fsp3) is 0.172. The number of aliphatic carboxylic acids is 1. The van der Waals surface area contributed by atoms with Gasteiger partial charge in [-0.2, -0.15) is 0 Å². The Morgan fingerprint density at radius 1 is 0.410 bits per heavy atom. The van der Waals surface area contributed by atoms with Crippen molar-refractivity contribution in [2.24, 2.45) is 0 Å². The Kier molecular flexibility index (Phi) is 23.1. The van der Waals surface area contributed by atoms with Gasteiger partial charge in [0.25, 0.3) is 0 Å². The second-order valence-electron chi connectivity index (χ2n) is 18.1. The summed E-state index contributed by atoms with van der Waals surface area (Å²) in [6.07, 6.45) is 12.2. The lowest BCUT2D eigenvalue weighted by Crippen LogP contribution is -2.13. The fourth-order valence-electron chi connectivity index (χ4n) is 7.79. The van der Waals surface area contributed by atoms with Crippen LogP contribution in [0.25, 0.3) is 21.5 Å². The number of aryl methyl sites for hydroxylation is 5. The molecule has 0 bridgehead atoms. The molecule has 0 saturated carbocycles. The normalized spacial score (nSPS) is 10.3. The number of nitrogens with zero attached hydrogens (tertiary/aromatic N) is 2. The van der Waals surface area contributed by atoms with E-state index in [0.29, 0.717) is 57.1 Å². The van der Waals surface area contributed by atoms with Crippen molar-refractivity contribution in [1.82, 2.24) is 9.97 Å². The zero-order chi connectivity index (χ0) is 55.3. The predicted octanol–water partition coefficient (Wildman–Crippen LogP) is 11.8. The summed E-state index contributed by atoms with van der Waals surface area (Å²) in [6, 6.07) is 57.8. The highest BCUT2D eigenvalue weighted by molar-refractivity contribution is 5.94. The molecule has 9 rings (SSSR count). The van der Waals surface area contributed by atoms with Crippen LogP contribution in [0.4, 0.5) is 28.4 Å². The number of carboxylic acids is 1. The molecule has 0 unspecified atom stereocenters. The summed E-state index contributed by atoms with van der Waals surface area (Å²) < 4.78 is 4.62. The lowest BCUT2D eigenvalue weighted by molar-refractivity contribution is -0.140. The van der Waals surface area contributed by atoms with Crippen molar-refractivity contribution in [3.8, 4) is 0 Å². The van der Waals surface area contributed by atoms with Gasteiger partial charge in [0.2, 0.25) is 17.7 Å². The quantitative estimate of drug-likeness (QED) is 0.0350. The molecule has 2 heterocycles. The maximum absolute atomic E-state index is 12.3. The van der Waals surface area contributed by atoms with Gasteiger partial charge in [-0.1, -0.05) is 109 Å². The SMILES string of the molecule is COC(=O)CCc1ccc(NC(=O)CCc2ccccc2)cc1.Nc1ccc(CCC(=O)O)cc1.Nc1ccc2cnccc2c1.O=C(CCc1ccccc1)Nc1ccc(CCC(=O)Nc2ccc3cnccc3c2)cc1. The van der Waals surface area contributed by atoms with Crippen LogP contribution in [0.1, 0.15) is 59.9 Å². The molecule has 14 nitrogen and oxygen atoms in total. The highest BCUT2D eigenvalue weighted by Crippen LogP contribution is 2.20. The highest BCUT2D eigenvalue weighted by Gasteiger charge is 2.08. The van der Waals surface area contributed by atoms with Crippen molar-refractivity contribution in [3.05, 3.63) is 235 Å². The molecule has 0 aliphatic rings. The van der Waals surface area contributed by atoms with Crippen molar-refractivity contribution in [1.29, 1.82) is 0 Å². The molecule has 0 aliphatic heterocycles. The molecule has 8 N–H and O–H groups in total. The number of carboxylic acid groups (broad SMARTS) is 1. The minimum atomic E-state index is -0.771. The molecule has 3 amide bonds. The molecule has 0 atom stereocenters. The highest BCUT2D eigenvalue weighted by atomic mass is 16.5. The summed E-state index contributed by atoms with van der Waals surface area (Å²) in [6.45, 7) is 0. The number of fused-ring (bicyclic) bond motifs is 2. The van der Waals surface area contributed by atoms with Crippen LogP contribution in [-0.2, 0) is 60.8 Å². The zero-order valence-corrected chi connectivity index (χ0v) is 43.6. The second kappa shape index (κ2) is 31.3. The number of nitrogen functional groups attached to an aromatic ring is 2. The van der Waals surface area contributed by atoms with Gasteiger partial charge in [-0.25, -0.2) is 0 Å². The Morgan fingerprint density at radius 3 is 1.24 bits per heavy atom. The third-order valence-corrected chi connectivity index (χ3v) is 12.1. The van der Waals surface area contributed by atoms with E-state index >= 15 is 0 Å². The van der Waals surface area contributed by atoms with Gasteiger partial charge < -0.3 is 37.3 Å². The van der Waals surface area contributed by atoms with Crippen LogP contribution in [0.3, 0.4) is 0 Å². The summed E-state index contributed by atoms with van der Waals surface area (Å²) in [4.78, 5) is 65.9. The number of nitrogens with two attached hydrogens (primary N) is 2. The average Bonchev–Trinajstić information content (AvgIpc) is 3.47. The van der Waals surface area contributed by atoms with Crippen LogP contribution in [0.5, 0.6) is 0 Å². The summed E-state index contributed by atoms with van der Waals surface area (Å²) >= 11 is 0. The largest absolute Gasteiger partial charge is 0.481 e. The number of methoxy groups -OCH3 is 1. The van der Waals surface area contributed by atoms with E-state index < -0.39 is 5.97 Å². The van der Waals surface area contributed by atoms with Crippen molar-refractivity contribution in [3.63, 3.8) is 0 Å². The minimum absolute atomic E-state index is 0.00355. The van der Waals surface area contributed by atoms with E-state index in [1.165, 1.54) is 7.11 Å². The Labute approximate surface area is 454 Å². The molecule has 7 aromatic carbocycles. The molecule has 0 aliphatic carbocycles. The Morgan fingerprint density at radius 2 is 0.782 bits per heavy atom. The predicted molar refractivity (Wildman–Crippen MR) is 312 cm³/mol. The lowest BCUT2D eigenvalue weighted by atomic mass is 10.1. The Hall–Kier alpha value is -9.69. The van der Waals surface area contributed by atoms with E-state index in [1.807, 2.05) is 176 Å². The van der Waals surface area contributed by atoms with Gasteiger partial charge in [-0.05, 0) is 143 Å². The summed E-state index contributed by atoms with van der Waals surface area (Å²) in [5.41, 5.74) is 20.3. The van der Waals surface area contributed by atoms with Gasteiger partial charge in [0.15, 0.2) is 0 Å². The fourth-order valence-corrected chi connectivity index (χ4v) is 7.79.